The van der Waals surface area contributed by atoms with Gasteiger partial charge in [0.2, 0.25) is 0 Å². The molecule has 0 heterocycles. The Hall–Kier alpha value is -0.500. The summed E-state index contributed by atoms with van der Waals surface area (Å²) in [6.45, 7) is 0. The predicted molar refractivity (Wildman–Crippen MR) is 78.2 cm³/mol. The molecule has 17 heavy (non-hydrogen) atoms. The van der Waals surface area contributed by atoms with E-state index in [1.54, 1.807) is 7.11 Å². The first-order chi connectivity index (χ1) is 8.36. The lowest BCUT2D eigenvalue weighted by molar-refractivity contribution is 0.414. The van der Waals surface area contributed by atoms with Crippen LogP contribution in [0.5, 0.6) is 5.75 Å². The van der Waals surface area contributed by atoms with Crippen molar-refractivity contribution in [2.45, 2.75) is 44.9 Å². The Morgan fingerprint density at radius 3 is 2.41 bits per heavy atom. The molecular weight excluding hydrogens is 276 g/mol. The zero-order valence-corrected chi connectivity index (χ0v) is 12.3. The molecule has 0 amide bonds. The summed E-state index contributed by atoms with van der Waals surface area (Å²) in [4.78, 5) is 0. The second-order valence-corrected chi connectivity index (χ2v) is 5.20. The molecule has 0 fully saturated rings. The number of halogens is 1. The van der Waals surface area contributed by atoms with Gasteiger partial charge >= 0.3 is 0 Å². The van der Waals surface area contributed by atoms with Crippen molar-refractivity contribution in [1.29, 1.82) is 0 Å². The van der Waals surface area contributed by atoms with E-state index in [1.807, 2.05) is 6.07 Å². The smallest absolute Gasteiger partial charge is 0.119 e. The molecular formula is C15H23BrO. The molecule has 0 bridgehead atoms. The van der Waals surface area contributed by atoms with Gasteiger partial charge in [-0.1, -0.05) is 53.7 Å². The van der Waals surface area contributed by atoms with E-state index in [2.05, 4.69) is 34.1 Å². The summed E-state index contributed by atoms with van der Waals surface area (Å²) in [5, 5.41) is 1.15. The van der Waals surface area contributed by atoms with Crippen LogP contribution in [0.25, 0.3) is 0 Å². The van der Waals surface area contributed by atoms with Crippen LogP contribution in [-0.2, 0) is 6.42 Å². The molecule has 0 aliphatic carbocycles. The fraction of sp³-hybridized carbons (Fsp3) is 0.600. The molecule has 1 nitrogen and oxygen atoms in total. The van der Waals surface area contributed by atoms with Gasteiger partial charge < -0.3 is 4.74 Å². The molecule has 0 saturated carbocycles. The zero-order valence-electron chi connectivity index (χ0n) is 10.8. The molecule has 0 unspecified atom stereocenters. The van der Waals surface area contributed by atoms with E-state index in [9.17, 15) is 0 Å². The minimum atomic E-state index is 0.972. The monoisotopic (exact) mass is 298 g/mol. The van der Waals surface area contributed by atoms with Crippen LogP contribution in [0.2, 0.25) is 0 Å². The Balaban J connectivity index is 2.09. The molecule has 0 N–H and O–H groups in total. The Labute approximate surface area is 114 Å². The number of unbranched alkanes of at least 4 members (excludes halogenated alkanes) is 5. The molecule has 96 valence electrons. The molecule has 0 aliphatic heterocycles. The molecule has 0 saturated heterocycles. The van der Waals surface area contributed by atoms with Crippen molar-refractivity contribution < 1.29 is 4.74 Å². The second-order valence-electron chi connectivity index (χ2n) is 4.41. The average molecular weight is 299 g/mol. The minimum Gasteiger partial charge on any atom is -0.497 e. The maximum Gasteiger partial charge on any atom is 0.119 e. The lowest BCUT2D eigenvalue weighted by Gasteiger charge is -2.04. The van der Waals surface area contributed by atoms with Crippen LogP contribution in [0, 0.1) is 0 Å². The van der Waals surface area contributed by atoms with Crippen LogP contribution in [0.1, 0.15) is 44.1 Å². The molecule has 0 spiro atoms. The third-order valence-electron chi connectivity index (χ3n) is 2.98. The topological polar surface area (TPSA) is 9.23 Å². The Morgan fingerprint density at radius 2 is 1.71 bits per heavy atom. The molecule has 2 heteroatoms. The first-order valence-electron chi connectivity index (χ1n) is 6.55. The quantitative estimate of drug-likeness (QED) is 0.462. The minimum absolute atomic E-state index is 0.972. The normalized spacial score (nSPS) is 10.5. The number of methoxy groups -OCH3 is 1. The van der Waals surface area contributed by atoms with Crippen molar-refractivity contribution in [2.75, 3.05) is 12.4 Å². The third kappa shape index (κ3) is 6.72. The van der Waals surface area contributed by atoms with Crippen molar-refractivity contribution in [2.24, 2.45) is 0 Å². The van der Waals surface area contributed by atoms with Gasteiger partial charge in [-0.15, -0.1) is 0 Å². The van der Waals surface area contributed by atoms with Crippen molar-refractivity contribution in [1.82, 2.24) is 0 Å². The summed E-state index contributed by atoms with van der Waals surface area (Å²) >= 11 is 3.46. The molecule has 0 radical (unpaired) electrons. The highest BCUT2D eigenvalue weighted by atomic mass is 79.9. The zero-order chi connectivity index (χ0) is 12.3. The summed E-state index contributed by atoms with van der Waals surface area (Å²) in [6.07, 6.45) is 9.25. The van der Waals surface area contributed by atoms with Gasteiger partial charge in [-0.25, -0.2) is 0 Å². The van der Waals surface area contributed by atoms with Gasteiger partial charge in [0.05, 0.1) is 7.11 Å². The fourth-order valence-electron chi connectivity index (χ4n) is 1.96. The van der Waals surface area contributed by atoms with Crippen LogP contribution in [-0.4, -0.2) is 12.4 Å². The first-order valence-corrected chi connectivity index (χ1v) is 7.68. The van der Waals surface area contributed by atoms with Crippen LogP contribution >= 0.6 is 15.9 Å². The maximum absolute atomic E-state index is 5.22. The van der Waals surface area contributed by atoms with Gasteiger partial charge in [-0.3, -0.25) is 0 Å². The van der Waals surface area contributed by atoms with E-state index >= 15 is 0 Å². The highest BCUT2D eigenvalue weighted by Gasteiger charge is 1.96. The van der Waals surface area contributed by atoms with Crippen LogP contribution in [0.4, 0.5) is 0 Å². The number of hydrogen-bond donors (Lipinski definition) is 0. The molecule has 0 atom stereocenters. The van der Waals surface area contributed by atoms with Gasteiger partial charge in [0.15, 0.2) is 0 Å². The van der Waals surface area contributed by atoms with Crippen molar-refractivity contribution in [3.05, 3.63) is 29.8 Å². The van der Waals surface area contributed by atoms with Gasteiger partial charge in [-0.2, -0.15) is 0 Å². The lowest BCUT2D eigenvalue weighted by atomic mass is 10.0. The number of rotatable bonds is 9. The van der Waals surface area contributed by atoms with Crippen molar-refractivity contribution >= 4 is 15.9 Å². The summed E-state index contributed by atoms with van der Waals surface area (Å²) in [5.74, 6) is 0.972. The largest absolute Gasteiger partial charge is 0.497 e. The van der Waals surface area contributed by atoms with E-state index in [0.29, 0.717) is 0 Å². The SMILES string of the molecule is COc1cccc(CCCCCCCCBr)c1. The van der Waals surface area contributed by atoms with Crippen molar-refractivity contribution in [3.8, 4) is 5.75 Å². The summed E-state index contributed by atoms with van der Waals surface area (Å²) < 4.78 is 5.22. The predicted octanol–water partition coefficient (Wildman–Crippen LogP) is 4.97. The van der Waals surface area contributed by atoms with E-state index in [1.165, 1.54) is 50.5 Å². The molecule has 1 aromatic carbocycles. The van der Waals surface area contributed by atoms with Crippen LogP contribution in [0.15, 0.2) is 24.3 Å². The number of alkyl halides is 1. The number of hydrogen-bond acceptors (Lipinski definition) is 1. The Bertz CT molecular complexity index is 299. The van der Waals surface area contributed by atoms with E-state index < -0.39 is 0 Å². The van der Waals surface area contributed by atoms with Gasteiger partial charge in [-0.05, 0) is 37.0 Å². The van der Waals surface area contributed by atoms with Gasteiger partial charge in [0.25, 0.3) is 0 Å². The van der Waals surface area contributed by atoms with Gasteiger partial charge in [0.1, 0.15) is 5.75 Å². The number of ether oxygens (including phenoxy) is 1. The fourth-order valence-corrected chi connectivity index (χ4v) is 2.36. The number of aryl methyl sites for hydroxylation is 1. The highest BCUT2D eigenvalue weighted by molar-refractivity contribution is 9.09. The second kappa shape index (κ2) is 9.52. The molecule has 0 aliphatic rings. The van der Waals surface area contributed by atoms with E-state index in [0.717, 1.165) is 11.1 Å². The molecule has 1 aromatic rings. The third-order valence-corrected chi connectivity index (χ3v) is 3.54. The van der Waals surface area contributed by atoms with E-state index in [-0.39, 0.29) is 0 Å². The summed E-state index contributed by atoms with van der Waals surface area (Å²) in [5.41, 5.74) is 1.39. The highest BCUT2D eigenvalue weighted by Crippen LogP contribution is 2.15. The average Bonchev–Trinajstić information content (AvgIpc) is 2.38. The van der Waals surface area contributed by atoms with Crippen LogP contribution in [0.3, 0.4) is 0 Å². The van der Waals surface area contributed by atoms with Crippen molar-refractivity contribution in [3.63, 3.8) is 0 Å². The Kier molecular flexibility index (Phi) is 8.16. The summed E-state index contributed by atoms with van der Waals surface area (Å²) in [7, 11) is 1.73. The first kappa shape index (κ1) is 14.6. The van der Waals surface area contributed by atoms with E-state index in [4.69, 9.17) is 4.74 Å². The maximum atomic E-state index is 5.22. The lowest BCUT2D eigenvalue weighted by Crippen LogP contribution is -1.88. The van der Waals surface area contributed by atoms with Crippen LogP contribution < -0.4 is 4.74 Å². The Morgan fingerprint density at radius 1 is 1.00 bits per heavy atom. The molecule has 0 aromatic heterocycles. The van der Waals surface area contributed by atoms with Gasteiger partial charge in [0, 0.05) is 5.33 Å². The standard InChI is InChI=1S/C15H23BrO/c1-17-15-11-8-10-14(13-15)9-6-4-2-3-5-7-12-16/h8,10-11,13H,2-7,9,12H2,1H3. The summed E-state index contributed by atoms with van der Waals surface area (Å²) in [6, 6.07) is 8.41. The molecule has 1 rings (SSSR count). The number of benzene rings is 1.